The van der Waals surface area contributed by atoms with E-state index in [0.29, 0.717) is 0 Å². The van der Waals surface area contributed by atoms with Gasteiger partial charge in [0.25, 0.3) is 0 Å². The number of hydrogen-bond donors (Lipinski definition) is 0. The van der Waals surface area contributed by atoms with Crippen molar-refractivity contribution in [3.63, 3.8) is 0 Å². The molecule has 1 aromatic heterocycles. The molecular weight excluding hydrogens is 338 g/mol. The van der Waals surface area contributed by atoms with Crippen molar-refractivity contribution in [1.82, 2.24) is 4.98 Å². The van der Waals surface area contributed by atoms with Crippen LogP contribution in [-0.4, -0.2) is 16.1 Å². The molecule has 15 heavy (non-hydrogen) atoms. The van der Waals surface area contributed by atoms with Crippen molar-refractivity contribution in [3.8, 4) is 0 Å². The van der Waals surface area contributed by atoms with Gasteiger partial charge in [-0.2, -0.15) is 0 Å². The van der Waals surface area contributed by atoms with E-state index in [1.807, 2.05) is 30.1 Å². The van der Waals surface area contributed by atoms with Gasteiger partial charge in [0.1, 0.15) is 5.03 Å². The molecule has 0 saturated heterocycles. The summed E-state index contributed by atoms with van der Waals surface area (Å²) in [6.07, 6.45) is 4.35. The van der Waals surface area contributed by atoms with E-state index in [1.54, 1.807) is 0 Å². The van der Waals surface area contributed by atoms with Gasteiger partial charge >= 0.3 is 0 Å². The van der Waals surface area contributed by atoms with E-state index in [2.05, 4.69) is 43.8 Å². The van der Waals surface area contributed by atoms with Crippen LogP contribution >= 0.6 is 43.6 Å². The third-order valence-corrected chi connectivity index (χ3v) is 4.57. The van der Waals surface area contributed by atoms with Gasteiger partial charge in [0, 0.05) is 16.0 Å². The maximum atomic E-state index is 4.33. The lowest BCUT2D eigenvalue weighted by molar-refractivity contribution is 0.555. The van der Waals surface area contributed by atoms with Crippen LogP contribution < -0.4 is 0 Å². The smallest absolute Gasteiger partial charge is 0.110 e. The fourth-order valence-corrected chi connectivity index (χ4v) is 3.60. The van der Waals surface area contributed by atoms with Crippen molar-refractivity contribution in [1.29, 1.82) is 0 Å². The van der Waals surface area contributed by atoms with Crippen molar-refractivity contribution in [2.75, 3.05) is 11.1 Å². The molecular formula is C11H15Br2NS. The van der Waals surface area contributed by atoms with Gasteiger partial charge in [0.05, 0.1) is 0 Å². The molecule has 84 valence electrons. The van der Waals surface area contributed by atoms with E-state index >= 15 is 0 Å². The molecule has 0 saturated carbocycles. The highest BCUT2D eigenvalue weighted by atomic mass is 79.9. The monoisotopic (exact) mass is 351 g/mol. The molecule has 0 aliphatic carbocycles. The number of halogens is 2. The minimum atomic E-state index is 0.791. The van der Waals surface area contributed by atoms with Crippen LogP contribution in [0, 0.1) is 5.92 Å². The molecule has 1 aromatic rings. The molecule has 0 aliphatic heterocycles. The van der Waals surface area contributed by atoms with E-state index in [4.69, 9.17) is 0 Å². The molecule has 1 atom stereocenters. The van der Waals surface area contributed by atoms with Crippen LogP contribution in [0.5, 0.6) is 0 Å². The second kappa shape index (κ2) is 7.69. The molecule has 0 aromatic carbocycles. The first-order chi connectivity index (χ1) is 7.24. The number of nitrogens with zero attached hydrogens (tertiary/aromatic N) is 1. The van der Waals surface area contributed by atoms with Gasteiger partial charge in [-0.3, -0.25) is 0 Å². The van der Waals surface area contributed by atoms with Gasteiger partial charge in [0.15, 0.2) is 0 Å². The van der Waals surface area contributed by atoms with Gasteiger partial charge < -0.3 is 0 Å². The number of thioether (sulfide) groups is 1. The normalized spacial score (nSPS) is 12.7. The van der Waals surface area contributed by atoms with Crippen molar-refractivity contribution in [2.24, 2.45) is 5.92 Å². The van der Waals surface area contributed by atoms with Crippen molar-refractivity contribution in [3.05, 3.63) is 22.8 Å². The first-order valence-corrected chi connectivity index (χ1v) is 7.93. The molecule has 0 bridgehead atoms. The summed E-state index contributed by atoms with van der Waals surface area (Å²) >= 11 is 8.80. The zero-order valence-corrected chi connectivity index (χ0v) is 12.7. The molecule has 0 radical (unpaired) electrons. The van der Waals surface area contributed by atoms with Gasteiger partial charge in [-0.25, -0.2) is 4.98 Å². The summed E-state index contributed by atoms with van der Waals surface area (Å²) in [5.74, 6) is 1.93. The van der Waals surface area contributed by atoms with Gasteiger partial charge in [-0.15, -0.1) is 11.8 Å². The van der Waals surface area contributed by atoms with Gasteiger partial charge in [-0.05, 0) is 52.6 Å². The molecule has 1 nitrogen and oxygen atoms in total. The average molecular weight is 353 g/mol. The van der Waals surface area contributed by atoms with Crippen LogP contribution in [0.15, 0.2) is 27.8 Å². The van der Waals surface area contributed by atoms with Crippen molar-refractivity contribution in [2.45, 2.75) is 24.8 Å². The minimum absolute atomic E-state index is 0.791. The summed E-state index contributed by atoms with van der Waals surface area (Å²) in [4.78, 5) is 4.33. The Kier molecular flexibility index (Phi) is 6.93. The fourth-order valence-electron chi connectivity index (χ4n) is 1.16. The molecule has 0 spiro atoms. The molecule has 0 fully saturated rings. The summed E-state index contributed by atoms with van der Waals surface area (Å²) in [6.45, 7) is 2.30. The summed E-state index contributed by atoms with van der Waals surface area (Å²) in [5, 5.41) is 2.20. The summed E-state index contributed by atoms with van der Waals surface area (Å²) < 4.78 is 1.10. The summed E-state index contributed by atoms with van der Waals surface area (Å²) in [7, 11) is 0. The van der Waals surface area contributed by atoms with Crippen LogP contribution in [0.4, 0.5) is 0 Å². The standard InChI is InChI=1S/C11H15Br2NS/c1-9(4-6-12)5-8-15-11-10(13)3-2-7-14-11/h2-3,7,9H,4-6,8H2,1H3. The second-order valence-corrected chi connectivity index (χ2v) is 6.24. The van der Waals surface area contributed by atoms with Crippen LogP contribution in [0.25, 0.3) is 0 Å². The number of rotatable bonds is 6. The largest absolute Gasteiger partial charge is 0.249 e. The Bertz CT molecular complexity index is 294. The van der Waals surface area contributed by atoms with Gasteiger partial charge in [-0.1, -0.05) is 22.9 Å². The highest BCUT2D eigenvalue weighted by Crippen LogP contribution is 2.26. The van der Waals surface area contributed by atoms with E-state index in [-0.39, 0.29) is 0 Å². The van der Waals surface area contributed by atoms with Gasteiger partial charge in [0.2, 0.25) is 0 Å². The van der Waals surface area contributed by atoms with E-state index in [0.717, 1.165) is 26.5 Å². The Morgan fingerprint density at radius 2 is 2.27 bits per heavy atom. The first-order valence-electron chi connectivity index (χ1n) is 5.03. The molecule has 0 N–H and O–H groups in total. The Hall–Kier alpha value is 0.460. The molecule has 1 unspecified atom stereocenters. The van der Waals surface area contributed by atoms with E-state index < -0.39 is 0 Å². The lowest BCUT2D eigenvalue weighted by atomic mass is 10.1. The van der Waals surface area contributed by atoms with Crippen LogP contribution in [-0.2, 0) is 0 Å². The lowest BCUT2D eigenvalue weighted by Gasteiger charge is -2.08. The topological polar surface area (TPSA) is 12.9 Å². The Morgan fingerprint density at radius 1 is 1.47 bits per heavy atom. The van der Waals surface area contributed by atoms with E-state index in [1.165, 1.54) is 12.8 Å². The van der Waals surface area contributed by atoms with Crippen LogP contribution in [0.3, 0.4) is 0 Å². The average Bonchev–Trinajstić information content (AvgIpc) is 2.21. The summed E-state index contributed by atoms with van der Waals surface area (Å²) in [6, 6.07) is 3.98. The predicted molar refractivity (Wildman–Crippen MR) is 74.9 cm³/mol. The quantitative estimate of drug-likeness (QED) is 0.541. The first kappa shape index (κ1) is 13.5. The maximum absolute atomic E-state index is 4.33. The molecule has 1 rings (SSSR count). The molecule has 4 heteroatoms. The molecule has 1 heterocycles. The zero-order chi connectivity index (χ0) is 11.1. The predicted octanol–water partition coefficient (Wildman–Crippen LogP) is 4.75. The SMILES string of the molecule is CC(CCBr)CCSc1ncccc1Br. The van der Waals surface area contributed by atoms with Crippen LogP contribution in [0.2, 0.25) is 0 Å². The summed E-state index contributed by atoms with van der Waals surface area (Å²) in [5.41, 5.74) is 0. The molecule has 0 aliphatic rings. The minimum Gasteiger partial charge on any atom is -0.249 e. The number of pyridine rings is 1. The number of hydrogen-bond acceptors (Lipinski definition) is 2. The molecule has 0 amide bonds. The van der Waals surface area contributed by atoms with Crippen molar-refractivity contribution < 1.29 is 0 Å². The second-order valence-electron chi connectivity index (χ2n) is 3.51. The highest BCUT2D eigenvalue weighted by molar-refractivity contribution is 9.10. The highest BCUT2D eigenvalue weighted by Gasteiger charge is 2.04. The number of aromatic nitrogens is 1. The fraction of sp³-hybridized carbons (Fsp3) is 0.545. The Labute approximate surface area is 113 Å². The Morgan fingerprint density at radius 3 is 2.93 bits per heavy atom. The third-order valence-electron chi connectivity index (χ3n) is 2.18. The lowest BCUT2D eigenvalue weighted by Crippen LogP contribution is -1.97. The third kappa shape index (κ3) is 5.36. The zero-order valence-electron chi connectivity index (χ0n) is 8.75. The van der Waals surface area contributed by atoms with E-state index in [9.17, 15) is 0 Å². The maximum Gasteiger partial charge on any atom is 0.110 e. The Balaban J connectivity index is 2.29. The van der Waals surface area contributed by atoms with Crippen LogP contribution in [0.1, 0.15) is 19.8 Å². The van der Waals surface area contributed by atoms with Crippen molar-refractivity contribution >= 4 is 43.6 Å². The number of alkyl halides is 1.